The standard InChI is InChI=1S/C16H15BrN2O3S/c1-21-12-7-8-13(14(9-12)22-2)18-16(23)19-15(20)10-3-5-11(17)6-4-10/h3-9H,1-2H3,(H2,18,19,20,23). The molecule has 0 atom stereocenters. The Morgan fingerprint density at radius 3 is 2.39 bits per heavy atom. The van der Waals surface area contributed by atoms with Crippen LogP contribution in [0.1, 0.15) is 10.4 Å². The van der Waals surface area contributed by atoms with E-state index in [-0.39, 0.29) is 11.0 Å². The zero-order chi connectivity index (χ0) is 16.8. The highest BCUT2D eigenvalue weighted by Gasteiger charge is 2.10. The van der Waals surface area contributed by atoms with Crippen LogP contribution in [0.25, 0.3) is 0 Å². The number of amides is 1. The van der Waals surface area contributed by atoms with Gasteiger partial charge in [0.25, 0.3) is 5.91 Å². The van der Waals surface area contributed by atoms with Gasteiger partial charge in [-0.15, -0.1) is 0 Å². The van der Waals surface area contributed by atoms with Crippen LogP contribution in [0, 0.1) is 0 Å². The Morgan fingerprint density at radius 2 is 1.78 bits per heavy atom. The molecule has 0 aliphatic heterocycles. The Balaban J connectivity index is 2.04. The fourth-order valence-corrected chi connectivity index (χ4v) is 2.30. The second-order valence-electron chi connectivity index (χ2n) is 4.48. The van der Waals surface area contributed by atoms with E-state index in [9.17, 15) is 4.79 Å². The molecule has 0 radical (unpaired) electrons. The summed E-state index contributed by atoms with van der Waals surface area (Å²) in [5, 5.41) is 5.74. The second kappa shape index (κ2) is 7.94. The van der Waals surface area contributed by atoms with Crippen LogP contribution >= 0.6 is 28.1 Å². The molecular formula is C16H15BrN2O3S. The van der Waals surface area contributed by atoms with Crippen LogP contribution in [0.15, 0.2) is 46.9 Å². The van der Waals surface area contributed by atoms with E-state index in [0.29, 0.717) is 22.7 Å². The second-order valence-corrected chi connectivity index (χ2v) is 5.81. The molecule has 0 heterocycles. The quantitative estimate of drug-likeness (QED) is 0.775. The lowest BCUT2D eigenvalue weighted by Gasteiger charge is -2.13. The lowest BCUT2D eigenvalue weighted by Crippen LogP contribution is -2.34. The Labute approximate surface area is 148 Å². The largest absolute Gasteiger partial charge is 0.497 e. The highest BCUT2D eigenvalue weighted by molar-refractivity contribution is 9.10. The van der Waals surface area contributed by atoms with Crippen LogP contribution in [-0.2, 0) is 0 Å². The molecule has 0 spiro atoms. The van der Waals surface area contributed by atoms with Crippen LogP contribution < -0.4 is 20.1 Å². The van der Waals surface area contributed by atoms with Crippen molar-refractivity contribution in [3.8, 4) is 11.5 Å². The molecular weight excluding hydrogens is 380 g/mol. The van der Waals surface area contributed by atoms with Gasteiger partial charge >= 0.3 is 0 Å². The molecule has 0 aromatic heterocycles. The van der Waals surface area contributed by atoms with E-state index in [0.717, 1.165) is 4.47 Å². The van der Waals surface area contributed by atoms with Crippen molar-refractivity contribution in [2.24, 2.45) is 0 Å². The number of ether oxygens (including phenoxy) is 2. The molecule has 0 aliphatic rings. The van der Waals surface area contributed by atoms with Crippen molar-refractivity contribution in [1.82, 2.24) is 5.32 Å². The van der Waals surface area contributed by atoms with Gasteiger partial charge in [-0.05, 0) is 48.6 Å². The van der Waals surface area contributed by atoms with Gasteiger partial charge in [-0.3, -0.25) is 10.1 Å². The molecule has 2 N–H and O–H groups in total. The summed E-state index contributed by atoms with van der Waals surface area (Å²) in [5.41, 5.74) is 1.15. The van der Waals surface area contributed by atoms with Gasteiger partial charge in [-0.1, -0.05) is 15.9 Å². The number of methoxy groups -OCH3 is 2. The van der Waals surface area contributed by atoms with Gasteiger partial charge in [-0.2, -0.15) is 0 Å². The van der Waals surface area contributed by atoms with Gasteiger partial charge in [0.05, 0.1) is 19.9 Å². The summed E-state index contributed by atoms with van der Waals surface area (Å²) < 4.78 is 11.3. The molecule has 5 nitrogen and oxygen atoms in total. The maximum atomic E-state index is 12.1. The Kier molecular flexibility index (Phi) is 5.95. The van der Waals surface area contributed by atoms with Gasteiger partial charge in [0.1, 0.15) is 11.5 Å². The van der Waals surface area contributed by atoms with Gasteiger partial charge < -0.3 is 14.8 Å². The molecule has 2 aromatic carbocycles. The summed E-state index contributed by atoms with van der Waals surface area (Å²) in [4.78, 5) is 12.1. The minimum atomic E-state index is -0.289. The number of benzene rings is 2. The van der Waals surface area contributed by atoms with Gasteiger partial charge in [-0.25, -0.2) is 0 Å². The van der Waals surface area contributed by atoms with E-state index in [1.807, 2.05) is 0 Å². The van der Waals surface area contributed by atoms with Crippen LogP contribution in [-0.4, -0.2) is 25.2 Å². The molecule has 0 bridgehead atoms. The lowest BCUT2D eigenvalue weighted by molar-refractivity contribution is 0.0977. The molecule has 0 unspecified atom stereocenters. The number of hydrogen-bond acceptors (Lipinski definition) is 4. The minimum absolute atomic E-state index is 0.182. The average molecular weight is 395 g/mol. The summed E-state index contributed by atoms with van der Waals surface area (Å²) >= 11 is 8.49. The number of hydrogen-bond donors (Lipinski definition) is 2. The number of carbonyl (C=O) groups excluding carboxylic acids is 1. The third kappa shape index (κ3) is 4.67. The van der Waals surface area contributed by atoms with Gasteiger partial charge in [0.15, 0.2) is 5.11 Å². The topological polar surface area (TPSA) is 59.6 Å². The number of thiocarbonyl (C=S) groups is 1. The van der Waals surface area contributed by atoms with E-state index >= 15 is 0 Å². The first kappa shape index (κ1) is 17.2. The number of halogens is 1. The fourth-order valence-electron chi connectivity index (χ4n) is 1.83. The van der Waals surface area contributed by atoms with E-state index in [2.05, 4.69) is 26.6 Å². The SMILES string of the molecule is COc1ccc(NC(=S)NC(=O)c2ccc(Br)cc2)c(OC)c1. The Morgan fingerprint density at radius 1 is 1.09 bits per heavy atom. The molecule has 23 heavy (non-hydrogen) atoms. The normalized spacial score (nSPS) is 9.87. The van der Waals surface area contributed by atoms with Crippen molar-refractivity contribution >= 4 is 44.9 Å². The third-order valence-corrected chi connectivity index (χ3v) is 3.72. The highest BCUT2D eigenvalue weighted by atomic mass is 79.9. The summed E-state index contributed by atoms with van der Waals surface area (Å²) in [6.45, 7) is 0. The highest BCUT2D eigenvalue weighted by Crippen LogP contribution is 2.28. The van der Waals surface area contributed by atoms with Crippen LogP contribution in [0.4, 0.5) is 5.69 Å². The number of anilines is 1. The van der Waals surface area contributed by atoms with Crippen LogP contribution in [0.3, 0.4) is 0 Å². The monoisotopic (exact) mass is 394 g/mol. The van der Waals surface area contributed by atoms with E-state index in [1.54, 1.807) is 56.7 Å². The Bertz CT molecular complexity index is 720. The molecule has 0 saturated heterocycles. The number of rotatable bonds is 4. The van der Waals surface area contributed by atoms with Crippen molar-refractivity contribution < 1.29 is 14.3 Å². The van der Waals surface area contributed by atoms with Crippen molar-refractivity contribution in [1.29, 1.82) is 0 Å². The predicted octanol–water partition coefficient (Wildman–Crippen LogP) is 3.59. The smallest absolute Gasteiger partial charge is 0.257 e. The molecule has 120 valence electrons. The van der Waals surface area contributed by atoms with E-state index < -0.39 is 0 Å². The van der Waals surface area contributed by atoms with E-state index in [4.69, 9.17) is 21.7 Å². The van der Waals surface area contributed by atoms with Crippen molar-refractivity contribution in [3.05, 3.63) is 52.5 Å². The summed E-state index contributed by atoms with van der Waals surface area (Å²) in [7, 11) is 3.12. The molecule has 1 amide bonds. The lowest BCUT2D eigenvalue weighted by atomic mass is 10.2. The maximum absolute atomic E-state index is 12.1. The molecule has 0 saturated carbocycles. The predicted molar refractivity (Wildman–Crippen MR) is 97.4 cm³/mol. The molecule has 2 rings (SSSR count). The summed E-state index contributed by atoms with van der Waals surface area (Å²) in [6, 6.07) is 12.2. The summed E-state index contributed by atoms with van der Waals surface area (Å²) in [6.07, 6.45) is 0. The van der Waals surface area contributed by atoms with Gasteiger partial charge in [0.2, 0.25) is 0 Å². The number of nitrogens with one attached hydrogen (secondary N) is 2. The first-order valence-electron chi connectivity index (χ1n) is 6.63. The van der Waals surface area contributed by atoms with Crippen molar-refractivity contribution in [2.75, 3.05) is 19.5 Å². The van der Waals surface area contributed by atoms with Crippen molar-refractivity contribution in [3.63, 3.8) is 0 Å². The first-order valence-corrected chi connectivity index (χ1v) is 7.83. The zero-order valence-electron chi connectivity index (χ0n) is 12.6. The Hall–Kier alpha value is -2.12. The average Bonchev–Trinajstić information content (AvgIpc) is 2.55. The fraction of sp³-hybridized carbons (Fsp3) is 0.125. The summed E-state index contributed by atoms with van der Waals surface area (Å²) in [5.74, 6) is 0.935. The number of carbonyl (C=O) groups is 1. The van der Waals surface area contributed by atoms with Crippen LogP contribution in [0.2, 0.25) is 0 Å². The minimum Gasteiger partial charge on any atom is -0.497 e. The van der Waals surface area contributed by atoms with Gasteiger partial charge in [0, 0.05) is 16.1 Å². The molecule has 0 fully saturated rings. The molecule has 7 heteroatoms. The zero-order valence-corrected chi connectivity index (χ0v) is 15.0. The van der Waals surface area contributed by atoms with Crippen LogP contribution in [0.5, 0.6) is 11.5 Å². The molecule has 0 aliphatic carbocycles. The first-order chi connectivity index (χ1) is 11.0. The third-order valence-electron chi connectivity index (χ3n) is 2.99. The van der Waals surface area contributed by atoms with Crippen molar-refractivity contribution in [2.45, 2.75) is 0 Å². The molecule has 2 aromatic rings. The van der Waals surface area contributed by atoms with E-state index in [1.165, 1.54) is 0 Å². The maximum Gasteiger partial charge on any atom is 0.257 e.